The first kappa shape index (κ1) is 13.2. The van der Waals surface area contributed by atoms with Crippen LogP contribution in [0.3, 0.4) is 0 Å². The van der Waals surface area contributed by atoms with Gasteiger partial charge in [0.15, 0.2) is 0 Å². The van der Waals surface area contributed by atoms with Crippen molar-refractivity contribution >= 4 is 11.3 Å². The Kier molecular flexibility index (Phi) is 4.44. The molecular formula is C14H19N3S. The van der Waals surface area contributed by atoms with Crippen LogP contribution in [0, 0.1) is 13.8 Å². The maximum atomic E-state index is 4.51. The topological polar surface area (TPSA) is 37.8 Å². The molecule has 0 radical (unpaired) electrons. The first-order valence-corrected chi connectivity index (χ1v) is 7.09. The van der Waals surface area contributed by atoms with Crippen LogP contribution < -0.4 is 5.32 Å². The molecule has 18 heavy (non-hydrogen) atoms. The molecule has 0 fully saturated rings. The molecule has 0 bridgehead atoms. The molecule has 1 unspecified atom stereocenters. The Balaban J connectivity index is 2.21. The molecule has 0 saturated carbocycles. The van der Waals surface area contributed by atoms with Gasteiger partial charge in [-0.2, -0.15) is 0 Å². The van der Waals surface area contributed by atoms with Gasteiger partial charge in [-0.15, -0.1) is 11.3 Å². The summed E-state index contributed by atoms with van der Waals surface area (Å²) < 4.78 is 0. The third-order valence-corrected chi connectivity index (χ3v) is 4.03. The lowest BCUT2D eigenvalue weighted by Gasteiger charge is -2.16. The summed E-state index contributed by atoms with van der Waals surface area (Å²) in [6, 6.07) is 6.38. The molecule has 1 N–H and O–H groups in total. The lowest BCUT2D eigenvalue weighted by Crippen LogP contribution is -2.23. The van der Waals surface area contributed by atoms with Gasteiger partial charge < -0.3 is 5.32 Å². The van der Waals surface area contributed by atoms with E-state index in [1.54, 1.807) is 11.3 Å². The molecule has 1 atom stereocenters. The molecule has 2 heterocycles. The van der Waals surface area contributed by atoms with Crippen molar-refractivity contribution in [3.05, 3.63) is 45.7 Å². The van der Waals surface area contributed by atoms with Crippen LogP contribution in [0.15, 0.2) is 24.4 Å². The number of aromatic nitrogens is 2. The van der Waals surface area contributed by atoms with Crippen LogP contribution in [0.25, 0.3) is 0 Å². The predicted molar refractivity (Wildman–Crippen MR) is 75.9 cm³/mol. The molecule has 0 amide bonds. The predicted octanol–water partition coefficient (Wildman–Crippen LogP) is 3.05. The van der Waals surface area contributed by atoms with Gasteiger partial charge in [0.2, 0.25) is 0 Å². The summed E-state index contributed by atoms with van der Waals surface area (Å²) in [4.78, 5) is 10.3. The Morgan fingerprint density at radius 1 is 1.33 bits per heavy atom. The molecule has 0 aliphatic rings. The molecule has 0 aromatic carbocycles. The molecule has 0 aliphatic heterocycles. The van der Waals surface area contributed by atoms with Gasteiger partial charge >= 0.3 is 0 Å². The van der Waals surface area contributed by atoms with Gasteiger partial charge in [0.05, 0.1) is 10.7 Å². The molecule has 2 aromatic rings. The van der Waals surface area contributed by atoms with E-state index in [1.807, 2.05) is 18.3 Å². The summed E-state index contributed by atoms with van der Waals surface area (Å²) in [7, 11) is 0. The zero-order valence-electron chi connectivity index (χ0n) is 11.1. The normalized spacial score (nSPS) is 12.6. The Hall–Kier alpha value is -1.26. The van der Waals surface area contributed by atoms with E-state index in [0.29, 0.717) is 6.04 Å². The largest absolute Gasteiger partial charge is 0.309 e. The van der Waals surface area contributed by atoms with Gasteiger partial charge in [-0.25, -0.2) is 4.98 Å². The van der Waals surface area contributed by atoms with E-state index in [-0.39, 0.29) is 0 Å². The fraction of sp³-hybridized carbons (Fsp3) is 0.429. The van der Waals surface area contributed by atoms with Crippen molar-refractivity contribution in [2.75, 3.05) is 6.54 Å². The molecular weight excluding hydrogens is 242 g/mol. The summed E-state index contributed by atoms with van der Waals surface area (Å²) in [6.45, 7) is 7.23. The number of pyridine rings is 1. The molecule has 2 aromatic heterocycles. The summed E-state index contributed by atoms with van der Waals surface area (Å²) >= 11 is 1.78. The third kappa shape index (κ3) is 3.15. The number of likely N-dealkylation sites (N-methyl/N-ethyl adjacent to an activating group) is 1. The first-order valence-electron chi connectivity index (χ1n) is 6.28. The summed E-state index contributed by atoms with van der Waals surface area (Å²) in [5.74, 6) is 0. The zero-order chi connectivity index (χ0) is 13.0. The van der Waals surface area contributed by atoms with E-state index in [9.17, 15) is 0 Å². The summed E-state index contributed by atoms with van der Waals surface area (Å²) in [5, 5.41) is 4.66. The Bertz CT molecular complexity index is 493. The molecule has 0 spiro atoms. The molecule has 0 saturated heterocycles. The first-order chi connectivity index (χ1) is 8.70. The average Bonchev–Trinajstić information content (AvgIpc) is 2.69. The molecule has 96 valence electrons. The van der Waals surface area contributed by atoms with Crippen LogP contribution >= 0.6 is 11.3 Å². The minimum atomic E-state index is 0.316. The Morgan fingerprint density at radius 3 is 2.72 bits per heavy atom. The number of thiazole rings is 1. The van der Waals surface area contributed by atoms with Crippen LogP contribution in [0.4, 0.5) is 0 Å². The van der Waals surface area contributed by atoms with Crippen LogP contribution in [-0.2, 0) is 6.42 Å². The van der Waals surface area contributed by atoms with Crippen molar-refractivity contribution < 1.29 is 0 Å². The molecule has 3 nitrogen and oxygen atoms in total. The summed E-state index contributed by atoms with van der Waals surface area (Å²) in [6.07, 6.45) is 2.76. The number of aryl methyl sites for hydroxylation is 2. The Morgan fingerprint density at radius 2 is 2.17 bits per heavy atom. The van der Waals surface area contributed by atoms with Crippen LogP contribution in [-0.4, -0.2) is 16.5 Å². The van der Waals surface area contributed by atoms with Gasteiger partial charge in [0.25, 0.3) is 0 Å². The number of hydrogen-bond acceptors (Lipinski definition) is 4. The fourth-order valence-electron chi connectivity index (χ4n) is 2.10. The fourth-order valence-corrected chi connectivity index (χ4v) is 3.11. The molecule has 0 aliphatic carbocycles. The number of rotatable bonds is 5. The average molecular weight is 261 g/mol. The minimum Gasteiger partial charge on any atom is -0.309 e. The maximum Gasteiger partial charge on any atom is 0.0900 e. The van der Waals surface area contributed by atoms with E-state index >= 15 is 0 Å². The molecule has 2 rings (SSSR count). The van der Waals surface area contributed by atoms with Crippen molar-refractivity contribution in [2.45, 2.75) is 33.2 Å². The van der Waals surface area contributed by atoms with Crippen LogP contribution in [0.1, 0.15) is 34.2 Å². The van der Waals surface area contributed by atoms with Gasteiger partial charge in [0, 0.05) is 29.2 Å². The quantitative estimate of drug-likeness (QED) is 0.899. The van der Waals surface area contributed by atoms with Crippen molar-refractivity contribution in [2.24, 2.45) is 0 Å². The van der Waals surface area contributed by atoms with Crippen molar-refractivity contribution in [1.29, 1.82) is 0 Å². The smallest absolute Gasteiger partial charge is 0.0900 e. The standard InChI is InChI=1S/C14H19N3S/c1-4-15-13(9-12-7-5-6-8-16-12)14-10(2)17-11(3)18-14/h5-8,13,15H,4,9H2,1-3H3. The third-order valence-electron chi connectivity index (χ3n) is 2.85. The van der Waals surface area contributed by atoms with E-state index < -0.39 is 0 Å². The van der Waals surface area contributed by atoms with Gasteiger partial charge in [-0.3, -0.25) is 4.98 Å². The molecule has 4 heteroatoms. The highest BCUT2D eigenvalue weighted by Crippen LogP contribution is 2.27. The van der Waals surface area contributed by atoms with Crippen LogP contribution in [0.5, 0.6) is 0 Å². The second kappa shape index (κ2) is 6.07. The van der Waals surface area contributed by atoms with Crippen molar-refractivity contribution in [1.82, 2.24) is 15.3 Å². The monoisotopic (exact) mass is 261 g/mol. The van der Waals surface area contributed by atoms with Gasteiger partial charge in [-0.05, 0) is 32.5 Å². The number of nitrogens with zero attached hydrogens (tertiary/aromatic N) is 2. The highest BCUT2D eigenvalue weighted by Gasteiger charge is 2.17. The maximum absolute atomic E-state index is 4.51. The van der Waals surface area contributed by atoms with Crippen LogP contribution in [0.2, 0.25) is 0 Å². The van der Waals surface area contributed by atoms with E-state index in [0.717, 1.165) is 29.4 Å². The Labute approximate surface area is 112 Å². The SMILES string of the molecule is CCNC(Cc1ccccn1)c1sc(C)nc1C. The van der Waals surface area contributed by atoms with E-state index in [1.165, 1.54) is 4.88 Å². The second-order valence-electron chi connectivity index (χ2n) is 4.32. The van der Waals surface area contributed by atoms with E-state index in [2.05, 4.69) is 42.1 Å². The minimum absolute atomic E-state index is 0.316. The highest BCUT2D eigenvalue weighted by atomic mass is 32.1. The van der Waals surface area contributed by atoms with E-state index in [4.69, 9.17) is 0 Å². The summed E-state index contributed by atoms with van der Waals surface area (Å²) in [5.41, 5.74) is 2.26. The van der Waals surface area contributed by atoms with Gasteiger partial charge in [0.1, 0.15) is 0 Å². The zero-order valence-corrected chi connectivity index (χ0v) is 11.9. The number of nitrogens with one attached hydrogen (secondary N) is 1. The second-order valence-corrected chi connectivity index (χ2v) is 5.55. The number of hydrogen-bond donors (Lipinski definition) is 1. The highest BCUT2D eigenvalue weighted by molar-refractivity contribution is 7.11. The van der Waals surface area contributed by atoms with Crippen molar-refractivity contribution in [3.8, 4) is 0 Å². The lowest BCUT2D eigenvalue weighted by molar-refractivity contribution is 0.549. The van der Waals surface area contributed by atoms with Crippen molar-refractivity contribution in [3.63, 3.8) is 0 Å². The van der Waals surface area contributed by atoms with Gasteiger partial charge in [-0.1, -0.05) is 13.0 Å². The lowest BCUT2D eigenvalue weighted by atomic mass is 10.1.